The molecule has 1 amide bonds. The van der Waals surface area contributed by atoms with Crippen molar-refractivity contribution in [2.75, 3.05) is 26.2 Å². The summed E-state index contributed by atoms with van der Waals surface area (Å²) in [6.45, 7) is 4.96. The van der Waals surface area contributed by atoms with Gasteiger partial charge in [-0.25, -0.2) is 9.37 Å². The van der Waals surface area contributed by atoms with E-state index >= 15 is 4.39 Å². The van der Waals surface area contributed by atoms with Gasteiger partial charge in [0.05, 0.1) is 16.7 Å². The van der Waals surface area contributed by atoms with Crippen molar-refractivity contribution in [3.63, 3.8) is 0 Å². The molecule has 0 spiro atoms. The van der Waals surface area contributed by atoms with E-state index in [-0.39, 0.29) is 24.8 Å². The molecule has 6 rings (SSSR count). The summed E-state index contributed by atoms with van der Waals surface area (Å²) in [6.07, 6.45) is 5.54. The van der Waals surface area contributed by atoms with Crippen molar-refractivity contribution in [2.24, 2.45) is 0 Å². The van der Waals surface area contributed by atoms with Crippen molar-refractivity contribution in [1.82, 2.24) is 29.3 Å². The van der Waals surface area contributed by atoms with Crippen LogP contribution in [0.5, 0.6) is 0 Å². The first-order valence-electron chi connectivity index (χ1n) is 13.5. The van der Waals surface area contributed by atoms with E-state index in [9.17, 15) is 4.79 Å². The second kappa shape index (κ2) is 10.3. The van der Waals surface area contributed by atoms with Gasteiger partial charge in [0.15, 0.2) is 11.5 Å². The third kappa shape index (κ3) is 4.80. The molecule has 38 heavy (non-hydrogen) atoms. The molecule has 4 aromatic rings. The van der Waals surface area contributed by atoms with Gasteiger partial charge in [-0.05, 0) is 61.7 Å². The van der Waals surface area contributed by atoms with E-state index in [0.717, 1.165) is 46.7 Å². The van der Waals surface area contributed by atoms with Crippen molar-refractivity contribution < 1.29 is 9.18 Å². The molecule has 1 aromatic carbocycles. The van der Waals surface area contributed by atoms with Gasteiger partial charge in [0.25, 0.3) is 5.91 Å². The number of alkyl halides is 1. The Hall–Kier alpha value is -3.65. The van der Waals surface area contributed by atoms with Crippen molar-refractivity contribution in [2.45, 2.75) is 50.9 Å². The first kappa shape index (κ1) is 24.7. The van der Waals surface area contributed by atoms with Crippen molar-refractivity contribution in [3.05, 3.63) is 78.2 Å². The van der Waals surface area contributed by atoms with Crippen LogP contribution in [0.15, 0.2) is 67.0 Å². The van der Waals surface area contributed by atoms with Gasteiger partial charge in [-0.2, -0.15) is 0 Å². The third-order valence-corrected chi connectivity index (χ3v) is 8.00. The Kier molecular flexibility index (Phi) is 6.66. The minimum Gasteiger partial charge on any atom is -0.340 e. The molecule has 3 aromatic heterocycles. The van der Waals surface area contributed by atoms with E-state index in [1.165, 1.54) is 0 Å². The maximum Gasteiger partial charge on any atom is 0.260 e. The molecule has 7 nitrogen and oxygen atoms in total. The summed E-state index contributed by atoms with van der Waals surface area (Å²) in [5.74, 6) is 0.503. The molecule has 2 aliphatic heterocycles. The van der Waals surface area contributed by atoms with Crippen LogP contribution >= 0.6 is 0 Å². The van der Waals surface area contributed by atoms with Crippen LogP contribution in [0, 0.1) is 6.92 Å². The maximum absolute atomic E-state index is 15.9. The van der Waals surface area contributed by atoms with Crippen LogP contribution in [0.4, 0.5) is 4.39 Å². The maximum atomic E-state index is 15.9. The lowest BCUT2D eigenvalue weighted by Gasteiger charge is -2.40. The summed E-state index contributed by atoms with van der Waals surface area (Å²) in [6, 6.07) is 18.2. The molecule has 0 atom stereocenters. The second-order valence-corrected chi connectivity index (χ2v) is 10.6. The number of hydrogen-bond acceptors (Lipinski definition) is 5. The van der Waals surface area contributed by atoms with Gasteiger partial charge >= 0.3 is 0 Å². The molecular formula is C30H33FN6O. The number of carbonyl (C=O) groups excluding carboxylic acids is 1. The lowest BCUT2D eigenvalue weighted by atomic mass is 9.90. The number of carbonyl (C=O) groups is 1. The lowest BCUT2D eigenvalue weighted by molar-refractivity contribution is -0.148. The van der Waals surface area contributed by atoms with Crippen LogP contribution in [0.2, 0.25) is 0 Å². The highest BCUT2D eigenvalue weighted by molar-refractivity contribution is 5.85. The molecular weight excluding hydrogens is 479 g/mol. The van der Waals surface area contributed by atoms with Gasteiger partial charge in [0.2, 0.25) is 0 Å². The Bertz CT molecular complexity index is 1410. The molecule has 0 N–H and O–H groups in total. The smallest absolute Gasteiger partial charge is 0.260 e. The molecule has 2 saturated heterocycles. The fourth-order valence-corrected chi connectivity index (χ4v) is 5.86. The second-order valence-electron chi connectivity index (χ2n) is 10.6. The number of pyridine rings is 2. The minimum absolute atomic E-state index is 0.166. The van der Waals surface area contributed by atoms with Gasteiger partial charge in [-0.3, -0.25) is 19.7 Å². The van der Waals surface area contributed by atoms with E-state index in [4.69, 9.17) is 4.98 Å². The van der Waals surface area contributed by atoms with E-state index in [2.05, 4.69) is 44.6 Å². The molecule has 2 aliphatic rings. The van der Waals surface area contributed by atoms with Gasteiger partial charge in [0, 0.05) is 64.0 Å². The summed E-state index contributed by atoms with van der Waals surface area (Å²) in [5.41, 5.74) is 3.20. The van der Waals surface area contributed by atoms with Gasteiger partial charge in [0.1, 0.15) is 5.69 Å². The first-order valence-corrected chi connectivity index (χ1v) is 13.5. The molecule has 0 aliphatic carbocycles. The SMILES string of the molecule is Cc1ccc2c(c1)nc(-c1ccccn1)n2C1CCN(C(=O)C2(F)CCN(Cc3ccccn3)CC2)CC1. The molecule has 0 saturated carbocycles. The number of benzene rings is 1. The van der Waals surface area contributed by atoms with Crippen LogP contribution in [0.25, 0.3) is 22.6 Å². The summed E-state index contributed by atoms with van der Waals surface area (Å²) in [5, 5.41) is 0. The predicted octanol–water partition coefficient (Wildman–Crippen LogP) is 4.97. The average Bonchev–Trinajstić information content (AvgIpc) is 3.34. The number of nitrogens with zero attached hydrogens (tertiary/aromatic N) is 6. The fourth-order valence-electron chi connectivity index (χ4n) is 5.86. The average molecular weight is 513 g/mol. The van der Waals surface area contributed by atoms with Crippen LogP contribution in [0.1, 0.15) is 43.0 Å². The highest BCUT2D eigenvalue weighted by Gasteiger charge is 2.45. The summed E-state index contributed by atoms with van der Waals surface area (Å²) < 4.78 is 18.2. The zero-order valence-corrected chi connectivity index (χ0v) is 21.8. The molecule has 0 unspecified atom stereocenters. The number of hydrogen-bond donors (Lipinski definition) is 0. The number of amides is 1. The largest absolute Gasteiger partial charge is 0.340 e. The predicted molar refractivity (Wildman–Crippen MR) is 145 cm³/mol. The van der Waals surface area contributed by atoms with Crippen LogP contribution in [-0.2, 0) is 11.3 Å². The topological polar surface area (TPSA) is 67.2 Å². The normalized spacial score (nSPS) is 18.6. The number of imidazole rings is 1. The highest BCUT2D eigenvalue weighted by atomic mass is 19.1. The number of piperidine rings is 2. The van der Waals surface area contributed by atoms with Crippen molar-refractivity contribution in [3.8, 4) is 11.5 Å². The summed E-state index contributed by atoms with van der Waals surface area (Å²) >= 11 is 0. The lowest BCUT2D eigenvalue weighted by Crippen LogP contribution is -2.54. The number of aryl methyl sites for hydroxylation is 1. The molecule has 5 heterocycles. The zero-order valence-electron chi connectivity index (χ0n) is 21.8. The molecule has 0 bridgehead atoms. The molecule has 196 valence electrons. The number of rotatable bonds is 5. The Morgan fingerprint density at radius 2 is 1.71 bits per heavy atom. The molecule has 0 radical (unpaired) electrons. The monoisotopic (exact) mass is 512 g/mol. The zero-order chi connectivity index (χ0) is 26.1. The van der Waals surface area contributed by atoms with Crippen LogP contribution in [-0.4, -0.2) is 67.1 Å². The summed E-state index contributed by atoms with van der Waals surface area (Å²) in [7, 11) is 0. The number of fused-ring (bicyclic) bond motifs is 1. The molecule has 8 heteroatoms. The van der Waals surface area contributed by atoms with Crippen LogP contribution < -0.4 is 0 Å². The van der Waals surface area contributed by atoms with Gasteiger partial charge < -0.3 is 9.47 Å². The van der Waals surface area contributed by atoms with E-state index < -0.39 is 5.67 Å². The van der Waals surface area contributed by atoms with E-state index in [1.807, 2.05) is 36.4 Å². The van der Waals surface area contributed by atoms with Gasteiger partial charge in [-0.15, -0.1) is 0 Å². The van der Waals surface area contributed by atoms with Crippen molar-refractivity contribution >= 4 is 16.9 Å². The Morgan fingerprint density at radius 1 is 0.974 bits per heavy atom. The van der Waals surface area contributed by atoms with Crippen molar-refractivity contribution in [1.29, 1.82) is 0 Å². The fraction of sp³-hybridized carbons (Fsp3) is 0.400. The van der Waals surface area contributed by atoms with E-state index in [0.29, 0.717) is 32.7 Å². The van der Waals surface area contributed by atoms with Gasteiger partial charge in [-0.1, -0.05) is 18.2 Å². The van der Waals surface area contributed by atoms with E-state index in [1.54, 1.807) is 17.3 Å². The Morgan fingerprint density at radius 3 is 2.39 bits per heavy atom. The van der Waals surface area contributed by atoms with Crippen LogP contribution in [0.3, 0.4) is 0 Å². The summed E-state index contributed by atoms with van der Waals surface area (Å²) in [4.78, 5) is 31.2. The highest BCUT2D eigenvalue weighted by Crippen LogP contribution is 2.35. The number of halogens is 1. The Balaban J connectivity index is 1.14. The first-order chi connectivity index (χ1) is 18.5. The molecule has 2 fully saturated rings. The minimum atomic E-state index is -1.79. The quantitative estimate of drug-likeness (QED) is 0.378. The Labute approximate surface area is 222 Å². The standard InChI is InChI=1S/C30H33FN6O/c1-22-8-9-27-26(20-22)34-28(25-7-3-5-15-33-25)37(27)24-10-16-36(17-11-24)29(38)30(31)12-18-35(19-13-30)21-23-6-2-4-14-32-23/h2-9,14-15,20,24H,10-13,16-19,21H2,1H3. The number of aromatic nitrogens is 4. The number of likely N-dealkylation sites (tertiary alicyclic amines) is 2. The third-order valence-electron chi connectivity index (χ3n) is 8.00.